The van der Waals surface area contributed by atoms with Crippen LogP contribution in [0.2, 0.25) is 5.15 Å². The molecule has 172 valence electrons. The molecule has 13 heteroatoms. The summed E-state index contributed by atoms with van der Waals surface area (Å²) in [6.07, 6.45) is -7.41. The van der Waals surface area contributed by atoms with Crippen LogP contribution in [0.5, 0.6) is 11.6 Å². The maximum atomic E-state index is 14.7. The number of halogens is 5. The normalized spacial score (nSPS) is 18.8. The predicted octanol–water partition coefficient (Wildman–Crippen LogP) is 2.69. The van der Waals surface area contributed by atoms with E-state index >= 15 is 0 Å². The van der Waals surface area contributed by atoms with E-state index in [1.807, 2.05) is 0 Å². The van der Waals surface area contributed by atoms with E-state index in [0.29, 0.717) is 5.56 Å². The van der Waals surface area contributed by atoms with Crippen LogP contribution < -0.4 is 15.2 Å². The van der Waals surface area contributed by atoms with Gasteiger partial charge < -0.3 is 20.1 Å². The van der Waals surface area contributed by atoms with Gasteiger partial charge in [0.15, 0.2) is 11.3 Å². The van der Waals surface area contributed by atoms with Gasteiger partial charge in [-0.05, 0) is 23.8 Å². The molecule has 2 atom stereocenters. The number of likely N-dealkylation sites (tertiary alicyclic amines) is 1. The highest BCUT2D eigenvalue weighted by Gasteiger charge is 2.34. The van der Waals surface area contributed by atoms with Crippen molar-refractivity contribution in [1.29, 1.82) is 0 Å². The van der Waals surface area contributed by atoms with Crippen molar-refractivity contribution in [2.45, 2.75) is 31.5 Å². The molecule has 0 radical (unpaired) electrons. The Labute approximate surface area is 184 Å². The summed E-state index contributed by atoms with van der Waals surface area (Å²) in [6.45, 7) is -0.113. The smallest absolute Gasteiger partial charge is 0.469 e. The topological polar surface area (TPSA) is 108 Å². The van der Waals surface area contributed by atoms with Gasteiger partial charge in [-0.2, -0.15) is 0 Å². The van der Waals surface area contributed by atoms with Crippen LogP contribution in [0.1, 0.15) is 22.3 Å². The number of nitrogens with zero attached hydrogens (tertiary/aromatic N) is 3. The van der Waals surface area contributed by atoms with Crippen molar-refractivity contribution >= 4 is 23.4 Å². The Bertz CT molecular complexity index is 990. The van der Waals surface area contributed by atoms with Crippen LogP contribution in [-0.4, -0.2) is 58.6 Å². The van der Waals surface area contributed by atoms with Gasteiger partial charge in [-0.25, -0.2) is 4.39 Å². The first-order valence-corrected chi connectivity index (χ1v) is 9.66. The molecule has 1 aromatic carbocycles. The summed E-state index contributed by atoms with van der Waals surface area (Å²) >= 11 is 5.68. The maximum absolute atomic E-state index is 14.7. The second-order valence-corrected chi connectivity index (χ2v) is 7.31. The van der Waals surface area contributed by atoms with E-state index in [2.05, 4.69) is 14.9 Å². The Morgan fingerprint density at radius 1 is 1.22 bits per heavy atom. The zero-order chi connectivity index (χ0) is 23.5. The highest BCUT2D eigenvalue weighted by molar-refractivity contribution is 6.29. The van der Waals surface area contributed by atoms with E-state index in [-0.39, 0.29) is 42.5 Å². The lowest BCUT2D eigenvalue weighted by molar-refractivity contribution is -0.274. The average Bonchev–Trinajstić information content (AvgIpc) is 2.70. The monoisotopic (exact) mass is 476 g/mol. The zero-order valence-electron chi connectivity index (χ0n) is 16.3. The molecule has 32 heavy (non-hydrogen) atoms. The Hall–Kier alpha value is -3.15. The summed E-state index contributed by atoms with van der Waals surface area (Å²) in [5, 5.41) is 7.11. The Kier molecular flexibility index (Phi) is 7.02. The zero-order valence-corrected chi connectivity index (χ0v) is 17.1. The van der Waals surface area contributed by atoms with Gasteiger partial charge in [-0.1, -0.05) is 23.7 Å². The fraction of sp³-hybridized carbons (Fsp3) is 0.368. The van der Waals surface area contributed by atoms with Crippen molar-refractivity contribution in [1.82, 2.24) is 15.1 Å². The van der Waals surface area contributed by atoms with Crippen LogP contribution in [0, 0.1) is 0 Å². The van der Waals surface area contributed by atoms with Crippen LogP contribution in [0.4, 0.5) is 17.6 Å². The van der Waals surface area contributed by atoms with E-state index in [0.717, 1.165) is 18.2 Å². The minimum absolute atomic E-state index is 0.0821. The maximum Gasteiger partial charge on any atom is 0.573 e. The predicted molar refractivity (Wildman–Crippen MR) is 103 cm³/mol. The quantitative estimate of drug-likeness (QED) is 0.642. The highest BCUT2D eigenvalue weighted by Crippen LogP contribution is 2.25. The van der Waals surface area contributed by atoms with Gasteiger partial charge in [-0.3, -0.25) is 9.59 Å². The molecule has 2 heterocycles. The van der Waals surface area contributed by atoms with Crippen LogP contribution in [-0.2, 0) is 11.2 Å². The SMILES string of the molecule is NC(=O)c1cc(Cl)nnc1OC1CCN(C(=O)Cc2ccc(OC(F)(F)F)cc2)CC1F. The van der Waals surface area contributed by atoms with Gasteiger partial charge >= 0.3 is 6.36 Å². The van der Waals surface area contributed by atoms with E-state index in [9.17, 15) is 27.2 Å². The summed E-state index contributed by atoms with van der Waals surface area (Å²) in [4.78, 5) is 25.3. The second-order valence-electron chi connectivity index (χ2n) is 6.92. The lowest BCUT2D eigenvalue weighted by atomic mass is 10.0. The largest absolute Gasteiger partial charge is 0.573 e. The lowest BCUT2D eigenvalue weighted by Crippen LogP contribution is -2.49. The van der Waals surface area contributed by atoms with Crippen molar-refractivity contribution < 1.29 is 36.6 Å². The molecule has 2 N–H and O–H groups in total. The van der Waals surface area contributed by atoms with Crippen molar-refractivity contribution in [2.24, 2.45) is 5.73 Å². The Morgan fingerprint density at radius 2 is 1.91 bits per heavy atom. The molecule has 2 aromatic rings. The number of carbonyl (C=O) groups excluding carboxylic acids is 2. The summed E-state index contributed by atoms with van der Waals surface area (Å²) < 4.78 is 60.6. The molecule has 2 amide bonds. The third kappa shape index (κ3) is 6.19. The van der Waals surface area contributed by atoms with E-state index in [1.54, 1.807) is 0 Å². The number of hydrogen-bond donors (Lipinski definition) is 1. The van der Waals surface area contributed by atoms with Crippen LogP contribution in [0.25, 0.3) is 0 Å². The number of amides is 2. The van der Waals surface area contributed by atoms with Gasteiger partial charge in [0.2, 0.25) is 11.8 Å². The number of rotatable bonds is 6. The molecule has 0 aliphatic carbocycles. The number of benzene rings is 1. The third-order valence-electron chi connectivity index (χ3n) is 4.61. The van der Waals surface area contributed by atoms with E-state index in [1.165, 1.54) is 17.0 Å². The summed E-state index contributed by atoms with van der Waals surface area (Å²) in [7, 11) is 0. The van der Waals surface area contributed by atoms with Gasteiger partial charge in [0.05, 0.1) is 13.0 Å². The first kappa shape index (κ1) is 23.5. The molecule has 0 spiro atoms. The van der Waals surface area contributed by atoms with Gasteiger partial charge in [0, 0.05) is 13.0 Å². The molecule has 1 fully saturated rings. The van der Waals surface area contributed by atoms with Gasteiger partial charge in [0.25, 0.3) is 5.91 Å². The molecular weight excluding hydrogens is 460 g/mol. The van der Waals surface area contributed by atoms with Crippen molar-refractivity contribution in [2.75, 3.05) is 13.1 Å². The Balaban J connectivity index is 1.57. The minimum atomic E-state index is -4.81. The van der Waals surface area contributed by atoms with Crippen LogP contribution >= 0.6 is 11.6 Å². The first-order valence-electron chi connectivity index (χ1n) is 9.28. The van der Waals surface area contributed by atoms with Crippen LogP contribution in [0.3, 0.4) is 0 Å². The fourth-order valence-corrected chi connectivity index (χ4v) is 3.25. The highest BCUT2D eigenvalue weighted by atomic mass is 35.5. The molecule has 0 saturated carbocycles. The molecule has 1 aliphatic rings. The van der Waals surface area contributed by atoms with E-state index in [4.69, 9.17) is 22.1 Å². The number of hydrogen-bond acceptors (Lipinski definition) is 6. The minimum Gasteiger partial charge on any atom is -0.469 e. The summed E-state index contributed by atoms with van der Waals surface area (Å²) in [6, 6.07) is 6.00. The Morgan fingerprint density at radius 3 is 2.50 bits per heavy atom. The number of aromatic nitrogens is 2. The lowest BCUT2D eigenvalue weighted by Gasteiger charge is -2.34. The average molecular weight is 477 g/mol. The number of nitrogens with two attached hydrogens (primary N) is 1. The third-order valence-corrected chi connectivity index (χ3v) is 4.79. The first-order chi connectivity index (χ1) is 15.0. The van der Waals surface area contributed by atoms with Crippen molar-refractivity contribution in [3.05, 3.63) is 46.6 Å². The van der Waals surface area contributed by atoms with Crippen molar-refractivity contribution in [3.8, 4) is 11.6 Å². The van der Waals surface area contributed by atoms with Gasteiger partial charge in [0.1, 0.15) is 17.4 Å². The molecule has 8 nitrogen and oxygen atoms in total. The van der Waals surface area contributed by atoms with Crippen molar-refractivity contribution in [3.63, 3.8) is 0 Å². The molecule has 1 aliphatic heterocycles. The summed E-state index contributed by atoms with van der Waals surface area (Å²) in [5.41, 5.74) is 5.54. The number of primary amides is 1. The number of carbonyl (C=O) groups is 2. The van der Waals surface area contributed by atoms with E-state index < -0.39 is 36.2 Å². The molecule has 1 aromatic heterocycles. The summed E-state index contributed by atoms with van der Waals surface area (Å²) in [5.74, 6) is -1.93. The standard InChI is InChI=1S/C19H17ClF4N4O4/c20-15-8-12(17(25)30)18(27-26-15)31-14-5-6-28(9-13(14)21)16(29)7-10-1-3-11(4-2-10)32-19(22,23)24/h1-4,8,13-14H,5-7,9H2,(H2,25,30). The van der Waals surface area contributed by atoms with Gasteiger partial charge in [-0.15, -0.1) is 23.4 Å². The molecule has 1 saturated heterocycles. The second kappa shape index (κ2) is 9.55. The number of alkyl halides is 4. The molecule has 0 bridgehead atoms. The number of ether oxygens (including phenoxy) is 2. The molecule has 3 rings (SSSR count). The molecular formula is C19H17ClF4N4O4. The number of piperidine rings is 1. The fourth-order valence-electron chi connectivity index (χ4n) is 3.10. The van der Waals surface area contributed by atoms with Crippen LogP contribution in [0.15, 0.2) is 30.3 Å². The molecule has 2 unspecified atom stereocenters.